The molecular weight excluding hydrogens is 274 g/mol. The topological polar surface area (TPSA) is 42.2 Å². The summed E-state index contributed by atoms with van der Waals surface area (Å²) in [5, 5.41) is 3.88. The predicted molar refractivity (Wildman–Crippen MR) is 76.6 cm³/mol. The molecule has 2 aliphatic heterocycles. The average molecular weight is 292 g/mol. The Bertz CT molecular complexity index is 563. The first-order valence-corrected chi connectivity index (χ1v) is 7.83. The van der Waals surface area contributed by atoms with Crippen molar-refractivity contribution in [1.82, 2.24) is 5.32 Å². The highest BCUT2D eigenvalue weighted by molar-refractivity contribution is 6.29. The van der Waals surface area contributed by atoms with Gasteiger partial charge in [0.25, 0.3) is 0 Å². The van der Waals surface area contributed by atoms with Crippen LogP contribution in [0.25, 0.3) is 0 Å². The van der Waals surface area contributed by atoms with E-state index in [1.807, 2.05) is 0 Å². The zero-order chi connectivity index (χ0) is 13.7. The molecule has 0 radical (unpaired) electrons. The Morgan fingerprint density at radius 2 is 1.95 bits per heavy atom. The largest absolute Gasteiger partial charge is 0.441 e. The van der Waals surface area contributed by atoms with Crippen LogP contribution in [0.1, 0.15) is 42.7 Å². The van der Waals surface area contributed by atoms with Crippen molar-refractivity contribution < 1.29 is 9.21 Å². The van der Waals surface area contributed by atoms with Crippen LogP contribution in [0.2, 0.25) is 5.22 Å². The number of rotatable bonds is 2. The van der Waals surface area contributed by atoms with Gasteiger partial charge in [0.1, 0.15) is 0 Å². The monoisotopic (exact) mass is 291 g/mol. The van der Waals surface area contributed by atoms with Crippen LogP contribution in [0.4, 0.5) is 0 Å². The van der Waals surface area contributed by atoms with Gasteiger partial charge in [0, 0.05) is 17.8 Å². The second kappa shape index (κ2) is 4.66. The zero-order valence-corrected chi connectivity index (χ0v) is 12.0. The van der Waals surface area contributed by atoms with E-state index in [0.717, 1.165) is 17.5 Å². The van der Waals surface area contributed by atoms with Crippen molar-refractivity contribution in [2.75, 3.05) is 0 Å². The minimum Gasteiger partial charge on any atom is -0.441 e. The number of furan rings is 1. The number of ketones is 1. The molecule has 2 unspecified atom stereocenters. The molecule has 1 aromatic rings. The molecule has 2 aliphatic carbocycles. The number of halogens is 1. The van der Waals surface area contributed by atoms with Crippen molar-refractivity contribution >= 4 is 17.4 Å². The van der Waals surface area contributed by atoms with Gasteiger partial charge in [-0.2, -0.15) is 0 Å². The molecule has 3 nitrogen and oxygen atoms in total. The Morgan fingerprint density at radius 3 is 2.60 bits per heavy atom. The number of nitrogens with one attached hydrogen (secondary N) is 1. The predicted octanol–water partition coefficient (Wildman–Crippen LogP) is 3.80. The molecule has 2 saturated carbocycles. The lowest BCUT2D eigenvalue weighted by molar-refractivity contribution is 0.101. The molecular formula is C16H18ClNO2. The third-order valence-electron chi connectivity index (χ3n) is 5.05. The summed E-state index contributed by atoms with van der Waals surface area (Å²) in [6, 6.07) is 3.81. The van der Waals surface area contributed by atoms with E-state index in [1.54, 1.807) is 18.2 Å². The van der Waals surface area contributed by atoms with E-state index in [2.05, 4.69) is 5.32 Å². The summed E-state index contributed by atoms with van der Waals surface area (Å²) in [6.07, 6.45) is 8.14. The molecule has 2 saturated heterocycles. The number of fused-ring (bicyclic) bond motifs is 1. The molecule has 4 heteroatoms. The molecule has 1 N–H and O–H groups in total. The SMILES string of the molecule is O=C(/C=C1\NC2C[C@@H]3CC1C[C@H](C2)C3)c1ccc(Cl)o1. The van der Waals surface area contributed by atoms with Gasteiger partial charge in [0.2, 0.25) is 5.78 Å². The maximum absolute atomic E-state index is 12.3. The van der Waals surface area contributed by atoms with E-state index in [9.17, 15) is 4.79 Å². The zero-order valence-electron chi connectivity index (χ0n) is 11.3. The molecule has 106 valence electrons. The first-order valence-electron chi connectivity index (χ1n) is 7.45. The summed E-state index contributed by atoms with van der Waals surface area (Å²) in [5.74, 6) is 2.47. The number of carbonyl (C=O) groups is 1. The van der Waals surface area contributed by atoms with Crippen LogP contribution < -0.4 is 5.32 Å². The van der Waals surface area contributed by atoms with Crippen molar-refractivity contribution in [2.45, 2.75) is 38.1 Å². The highest BCUT2D eigenvalue weighted by Crippen LogP contribution is 2.47. The Hall–Kier alpha value is -1.22. The fourth-order valence-electron chi connectivity index (χ4n) is 4.39. The van der Waals surface area contributed by atoms with Crippen LogP contribution in [0.3, 0.4) is 0 Å². The summed E-state index contributed by atoms with van der Waals surface area (Å²) in [7, 11) is 0. The quantitative estimate of drug-likeness (QED) is 0.666. The normalized spacial score (nSPS) is 37.0. The van der Waals surface area contributed by atoms with Gasteiger partial charge in [-0.3, -0.25) is 4.79 Å². The van der Waals surface area contributed by atoms with E-state index >= 15 is 0 Å². The van der Waals surface area contributed by atoms with Crippen molar-refractivity contribution in [3.05, 3.63) is 34.9 Å². The second-order valence-electron chi connectivity index (χ2n) is 6.52. The Balaban J connectivity index is 1.61. The van der Waals surface area contributed by atoms with Gasteiger partial charge >= 0.3 is 0 Å². The first-order chi connectivity index (χ1) is 9.67. The van der Waals surface area contributed by atoms with Crippen LogP contribution in [-0.2, 0) is 0 Å². The number of hydrogen-bond acceptors (Lipinski definition) is 3. The highest BCUT2D eigenvalue weighted by atomic mass is 35.5. The van der Waals surface area contributed by atoms with E-state index in [4.69, 9.17) is 16.0 Å². The summed E-state index contributed by atoms with van der Waals surface area (Å²) >= 11 is 5.73. The van der Waals surface area contributed by atoms with Crippen molar-refractivity contribution in [1.29, 1.82) is 0 Å². The molecule has 1 aromatic heterocycles. The number of hydrogen-bond donors (Lipinski definition) is 1. The number of carbonyl (C=O) groups excluding carboxylic acids is 1. The maximum atomic E-state index is 12.3. The molecule has 5 rings (SSSR count). The molecule has 3 heterocycles. The molecule has 4 bridgehead atoms. The van der Waals surface area contributed by atoms with Gasteiger partial charge in [-0.1, -0.05) is 0 Å². The third kappa shape index (κ3) is 2.18. The summed E-state index contributed by atoms with van der Waals surface area (Å²) in [6.45, 7) is 0. The smallest absolute Gasteiger partial charge is 0.222 e. The summed E-state index contributed by atoms with van der Waals surface area (Å²) in [5.41, 5.74) is 1.12. The van der Waals surface area contributed by atoms with Crippen LogP contribution in [0.15, 0.2) is 28.3 Å². The standard InChI is InChI=1S/C16H18ClNO2/c17-16-2-1-15(20-16)14(19)8-13-11-4-9-3-10(5-11)7-12(6-9)18-13/h1-2,8-12,18H,3-7H2/b13-8-/t9-,10+,11?,12?. The van der Waals surface area contributed by atoms with Gasteiger partial charge in [-0.25, -0.2) is 0 Å². The lowest BCUT2D eigenvalue weighted by Gasteiger charge is -2.37. The molecule has 0 amide bonds. The highest BCUT2D eigenvalue weighted by Gasteiger charge is 2.41. The Labute approximate surface area is 123 Å². The number of allylic oxidation sites excluding steroid dienone is 2. The van der Waals surface area contributed by atoms with Crippen molar-refractivity contribution in [3.8, 4) is 0 Å². The van der Waals surface area contributed by atoms with Crippen LogP contribution in [0.5, 0.6) is 0 Å². The lowest BCUT2D eigenvalue weighted by Crippen LogP contribution is -2.33. The fraction of sp³-hybridized carbons (Fsp3) is 0.562. The van der Waals surface area contributed by atoms with Gasteiger partial charge in [-0.15, -0.1) is 0 Å². The third-order valence-corrected chi connectivity index (χ3v) is 5.25. The van der Waals surface area contributed by atoms with Gasteiger partial charge < -0.3 is 9.73 Å². The van der Waals surface area contributed by atoms with E-state index in [0.29, 0.717) is 17.7 Å². The maximum Gasteiger partial charge on any atom is 0.222 e. The summed E-state index contributed by atoms with van der Waals surface area (Å²) < 4.78 is 5.20. The van der Waals surface area contributed by atoms with Gasteiger partial charge in [0.15, 0.2) is 11.0 Å². The van der Waals surface area contributed by atoms with Gasteiger partial charge in [-0.05, 0) is 73.6 Å². The first kappa shape index (κ1) is 12.5. The molecule has 4 aliphatic rings. The van der Waals surface area contributed by atoms with E-state index in [1.165, 1.54) is 32.1 Å². The van der Waals surface area contributed by atoms with Crippen LogP contribution >= 0.6 is 11.6 Å². The van der Waals surface area contributed by atoms with Crippen molar-refractivity contribution in [2.24, 2.45) is 17.8 Å². The molecule has 0 aromatic carbocycles. The fourth-order valence-corrected chi connectivity index (χ4v) is 4.54. The molecule has 4 fully saturated rings. The summed E-state index contributed by atoms with van der Waals surface area (Å²) in [4.78, 5) is 12.3. The minimum atomic E-state index is -0.0828. The molecule has 20 heavy (non-hydrogen) atoms. The molecule has 0 spiro atoms. The van der Waals surface area contributed by atoms with E-state index in [-0.39, 0.29) is 11.0 Å². The molecule has 4 atom stereocenters. The van der Waals surface area contributed by atoms with Crippen LogP contribution in [-0.4, -0.2) is 11.8 Å². The van der Waals surface area contributed by atoms with E-state index < -0.39 is 0 Å². The Morgan fingerprint density at radius 1 is 1.20 bits per heavy atom. The Kier molecular flexibility index (Phi) is 2.92. The minimum absolute atomic E-state index is 0.0828. The lowest BCUT2D eigenvalue weighted by atomic mass is 9.68. The van der Waals surface area contributed by atoms with Gasteiger partial charge in [0.05, 0.1) is 0 Å². The average Bonchev–Trinajstić information content (AvgIpc) is 2.75. The van der Waals surface area contributed by atoms with Crippen molar-refractivity contribution in [3.63, 3.8) is 0 Å². The van der Waals surface area contributed by atoms with Crippen LogP contribution in [0, 0.1) is 17.8 Å². The second-order valence-corrected chi connectivity index (χ2v) is 6.89.